The van der Waals surface area contributed by atoms with E-state index < -0.39 is 0 Å². The van der Waals surface area contributed by atoms with Crippen LogP contribution in [0.2, 0.25) is 0 Å². The highest BCUT2D eigenvalue weighted by atomic mass is 32.1. The van der Waals surface area contributed by atoms with Crippen molar-refractivity contribution in [3.8, 4) is 0 Å². The molecule has 0 amide bonds. The molecule has 1 aliphatic rings. The van der Waals surface area contributed by atoms with Gasteiger partial charge in [0.1, 0.15) is 0 Å². The molecule has 0 saturated carbocycles. The minimum atomic E-state index is 0.932. The second kappa shape index (κ2) is 6.47. The molecule has 1 aliphatic heterocycles. The summed E-state index contributed by atoms with van der Waals surface area (Å²) in [4.78, 5) is 8.15. The summed E-state index contributed by atoms with van der Waals surface area (Å²) in [6.45, 7) is 6.79. The molecular formula is C13H23N3S. The molecule has 96 valence electrons. The summed E-state index contributed by atoms with van der Waals surface area (Å²) < 4.78 is 0. The van der Waals surface area contributed by atoms with Crippen molar-refractivity contribution >= 4 is 11.3 Å². The molecule has 1 aromatic rings. The minimum absolute atomic E-state index is 0.932. The van der Waals surface area contributed by atoms with E-state index in [0.29, 0.717) is 0 Å². The van der Waals surface area contributed by atoms with Gasteiger partial charge in [-0.15, -0.1) is 11.3 Å². The van der Waals surface area contributed by atoms with E-state index in [4.69, 9.17) is 0 Å². The lowest BCUT2D eigenvalue weighted by Gasteiger charge is -2.25. The minimum Gasteiger partial charge on any atom is -0.317 e. The smallest absolute Gasteiger partial charge is 0.0798 e. The average molecular weight is 253 g/mol. The molecule has 3 nitrogen and oxygen atoms in total. The number of piperidine rings is 1. The summed E-state index contributed by atoms with van der Waals surface area (Å²) in [7, 11) is 2.22. The predicted molar refractivity (Wildman–Crippen MR) is 73.4 cm³/mol. The molecule has 0 spiro atoms. The first kappa shape index (κ1) is 13.0. The summed E-state index contributed by atoms with van der Waals surface area (Å²) in [5.74, 6) is 0.932. The van der Waals surface area contributed by atoms with Gasteiger partial charge in [0.25, 0.3) is 0 Å². The molecule has 1 aromatic heterocycles. The van der Waals surface area contributed by atoms with Crippen molar-refractivity contribution in [1.82, 2.24) is 15.2 Å². The number of nitrogens with zero attached hydrogens (tertiary/aromatic N) is 2. The number of aryl methyl sites for hydroxylation is 1. The van der Waals surface area contributed by atoms with Gasteiger partial charge in [-0.3, -0.25) is 0 Å². The molecule has 1 fully saturated rings. The Bertz CT molecular complexity index is 331. The Kier molecular flexibility index (Phi) is 4.95. The molecular weight excluding hydrogens is 230 g/mol. The number of rotatable bonds is 5. The number of nitrogens with one attached hydrogen (secondary N) is 1. The van der Waals surface area contributed by atoms with Gasteiger partial charge in [0.15, 0.2) is 0 Å². The standard InChI is InChI=1S/C13H23N3S/c1-11-13(17-10-15-11)9-16(2)8-5-12-3-6-14-7-4-12/h10,12,14H,3-9H2,1-2H3. The second-order valence-electron chi connectivity index (χ2n) is 5.08. The highest BCUT2D eigenvalue weighted by molar-refractivity contribution is 7.09. The number of aromatic nitrogens is 1. The Morgan fingerprint density at radius 2 is 2.24 bits per heavy atom. The van der Waals surface area contributed by atoms with Crippen LogP contribution in [0.5, 0.6) is 0 Å². The SMILES string of the molecule is Cc1ncsc1CN(C)CCC1CCNCC1. The third kappa shape index (κ3) is 4.05. The van der Waals surface area contributed by atoms with Crippen LogP contribution < -0.4 is 5.32 Å². The Morgan fingerprint density at radius 3 is 2.88 bits per heavy atom. The lowest BCUT2D eigenvalue weighted by atomic mass is 9.94. The van der Waals surface area contributed by atoms with Crippen molar-refractivity contribution in [2.24, 2.45) is 5.92 Å². The zero-order valence-electron chi connectivity index (χ0n) is 10.9. The van der Waals surface area contributed by atoms with E-state index in [1.807, 2.05) is 5.51 Å². The summed E-state index contributed by atoms with van der Waals surface area (Å²) in [5.41, 5.74) is 3.15. The van der Waals surface area contributed by atoms with E-state index in [1.54, 1.807) is 11.3 Å². The van der Waals surface area contributed by atoms with Crippen LogP contribution >= 0.6 is 11.3 Å². The molecule has 1 saturated heterocycles. The third-order valence-electron chi connectivity index (χ3n) is 3.64. The first-order valence-electron chi connectivity index (χ1n) is 6.54. The van der Waals surface area contributed by atoms with Gasteiger partial charge in [-0.05, 0) is 58.8 Å². The van der Waals surface area contributed by atoms with Gasteiger partial charge in [0.05, 0.1) is 11.2 Å². The van der Waals surface area contributed by atoms with Crippen molar-refractivity contribution in [3.05, 3.63) is 16.1 Å². The second-order valence-corrected chi connectivity index (χ2v) is 6.02. The lowest BCUT2D eigenvalue weighted by molar-refractivity contribution is 0.267. The Balaban J connectivity index is 1.70. The monoisotopic (exact) mass is 253 g/mol. The van der Waals surface area contributed by atoms with E-state index >= 15 is 0 Å². The summed E-state index contributed by atoms with van der Waals surface area (Å²) >= 11 is 1.78. The Labute approximate surface area is 108 Å². The van der Waals surface area contributed by atoms with Gasteiger partial charge >= 0.3 is 0 Å². The summed E-state index contributed by atoms with van der Waals surface area (Å²) in [6.07, 6.45) is 4.05. The van der Waals surface area contributed by atoms with Crippen LogP contribution in [0.3, 0.4) is 0 Å². The van der Waals surface area contributed by atoms with E-state index in [2.05, 4.69) is 29.2 Å². The molecule has 4 heteroatoms. The topological polar surface area (TPSA) is 28.2 Å². The van der Waals surface area contributed by atoms with Crippen LogP contribution in [0.1, 0.15) is 29.8 Å². The molecule has 2 heterocycles. The van der Waals surface area contributed by atoms with Crippen molar-refractivity contribution in [2.45, 2.75) is 32.7 Å². The van der Waals surface area contributed by atoms with Crippen LogP contribution in [-0.4, -0.2) is 36.6 Å². The maximum atomic E-state index is 4.30. The molecule has 0 aliphatic carbocycles. The van der Waals surface area contributed by atoms with Gasteiger partial charge < -0.3 is 10.2 Å². The Hall–Kier alpha value is -0.450. The van der Waals surface area contributed by atoms with Gasteiger partial charge in [-0.2, -0.15) is 0 Å². The van der Waals surface area contributed by atoms with Gasteiger partial charge in [0, 0.05) is 11.4 Å². The highest BCUT2D eigenvalue weighted by Gasteiger charge is 2.14. The van der Waals surface area contributed by atoms with Crippen molar-refractivity contribution in [3.63, 3.8) is 0 Å². The normalized spacial score (nSPS) is 17.8. The largest absolute Gasteiger partial charge is 0.317 e. The lowest BCUT2D eigenvalue weighted by Crippen LogP contribution is -2.30. The van der Waals surface area contributed by atoms with Crippen molar-refractivity contribution < 1.29 is 0 Å². The molecule has 0 aromatic carbocycles. The van der Waals surface area contributed by atoms with Crippen LogP contribution in [0.15, 0.2) is 5.51 Å². The quantitative estimate of drug-likeness (QED) is 0.872. The van der Waals surface area contributed by atoms with E-state index in [-0.39, 0.29) is 0 Å². The van der Waals surface area contributed by atoms with Gasteiger partial charge in [-0.1, -0.05) is 0 Å². The predicted octanol–water partition coefficient (Wildman–Crippen LogP) is 2.27. The first-order chi connectivity index (χ1) is 8.25. The average Bonchev–Trinajstić information content (AvgIpc) is 2.74. The first-order valence-corrected chi connectivity index (χ1v) is 7.42. The molecule has 0 unspecified atom stereocenters. The zero-order chi connectivity index (χ0) is 12.1. The van der Waals surface area contributed by atoms with Crippen LogP contribution in [0.25, 0.3) is 0 Å². The van der Waals surface area contributed by atoms with E-state index in [0.717, 1.165) is 12.5 Å². The molecule has 0 atom stereocenters. The van der Waals surface area contributed by atoms with Gasteiger partial charge in [-0.25, -0.2) is 4.98 Å². The van der Waals surface area contributed by atoms with Gasteiger partial charge in [0.2, 0.25) is 0 Å². The Morgan fingerprint density at radius 1 is 1.47 bits per heavy atom. The maximum absolute atomic E-state index is 4.30. The van der Waals surface area contributed by atoms with E-state index in [9.17, 15) is 0 Å². The number of hydrogen-bond acceptors (Lipinski definition) is 4. The fourth-order valence-corrected chi connectivity index (χ4v) is 3.23. The molecule has 2 rings (SSSR count). The zero-order valence-corrected chi connectivity index (χ0v) is 11.7. The number of thiazole rings is 1. The summed E-state index contributed by atoms with van der Waals surface area (Å²) in [5, 5.41) is 3.43. The number of hydrogen-bond donors (Lipinski definition) is 1. The van der Waals surface area contributed by atoms with Crippen molar-refractivity contribution in [2.75, 3.05) is 26.7 Å². The highest BCUT2D eigenvalue weighted by Crippen LogP contribution is 2.18. The molecule has 17 heavy (non-hydrogen) atoms. The maximum Gasteiger partial charge on any atom is 0.0798 e. The molecule has 1 N–H and O–H groups in total. The summed E-state index contributed by atoms with van der Waals surface area (Å²) in [6, 6.07) is 0. The molecule has 0 radical (unpaired) electrons. The third-order valence-corrected chi connectivity index (χ3v) is 4.56. The van der Waals surface area contributed by atoms with E-state index in [1.165, 1.54) is 49.5 Å². The van der Waals surface area contributed by atoms with Crippen molar-refractivity contribution in [1.29, 1.82) is 0 Å². The fourth-order valence-electron chi connectivity index (χ4n) is 2.38. The fraction of sp³-hybridized carbons (Fsp3) is 0.769. The van der Waals surface area contributed by atoms with Crippen LogP contribution in [0, 0.1) is 12.8 Å². The molecule has 0 bridgehead atoms. The van der Waals surface area contributed by atoms with Crippen LogP contribution in [0.4, 0.5) is 0 Å². The van der Waals surface area contributed by atoms with Crippen LogP contribution in [-0.2, 0) is 6.54 Å².